The standard InChI is InChI=1S/C32H60N2O5/c1-7-10-12-15-22-28(36)25-26(19-14-13-16-21-27(35)20-11-8-2)30(37)33-24-18-17-23-29(31(38)39-9-3)34-32(4,5)6/h26,29,34H,7-25H2,1-6H3,(H,33,37)/t26-,29+/m1/s1. The highest BCUT2D eigenvalue weighted by Gasteiger charge is 2.25. The highest BCUT2D eigenvalue weighted by Crippen LogP contribution is 2.18. The molecule has 0 aromatic rings. The van der Waals surface area contributed by atoms with E-state index in [-0.39, 0.29) is 35.2 Å². The fourth-order valence-electron chi connectivity index (χ4n) is 4.68. The first-order chi connectivity index (χ1) is 18.5. The third-order valence-electron chi connectivity index (χ3n) is 6.87. The molecule has 0 aromatic carbocycles. The Hall–Kier alpha value is -1.76. The van der Waals surface area contributed by atoms with Crippen LogP contribution in [0.5, 0.6) is 0 Å². The van der Waals surface area contributed by atoms with Crippen molar-refractivity contribution in [2.24, 2.45) is 5.92 Å². The smallest absolute Gasteiger partial charge is 0.323 e. The Kier molecular flexibility index (Phi) is 22.0. The maximum Gasteiger partial charge on any atom is 0.323 e. The molecule has 0 aliphatic carbocycles. The molecule has 0 aliphatic heterocycles. The third kappa shape index (κ3) is 21.7. The highest BCUT2D eigenvalue weighted by molar-refractivity contribution is 5.86. The summed E-state index contributed by atoms with van der Waals surface area (Å²) in [7, 11) is 0. The van der Waals surface area contributed by atoms with Crippen LogP contribution in [-0.2, 0) is 23.9 Å². The lowest BCUT2D eigenvalue weighted by molar-refractivity contribution is -0.146. The molecule has 0 saturated heterocycles. The Balaban J connectivity index is 4.69. The molecule has 39 heavy (non-hydrogen) atoms. The molecular weight excluding hydrogens is 492 g/mol. The second kappa shape index (κ2) is 23.0. The summed E-state index contributed by atoms with van der Waals surface area (Å²) in [6.45, 7) is 13.0. The number of ether oxygens (including phenoxy) is 1. The number of Topliss-reactive ketones (excluding diaryl/α,β-unsaturated/α-hetero) is 2. The van der Waals surface area contributed by atoms with E-state index in [2.05, 4.69) is 24.5 Å². The molecule has 0 aromatic heterocycles. The number of rotatable bonds is 25. The van der Waals surface area contributed by atoms with Gasteiger partial charge in [0, 0.05) is 43.7 Å². The van der Waals surface area contributed by atoms with Gasteiger partial charge in [-0.3, -0.25) is 24.5 Å². The van der Waals surface area contributed by atoms with E-state index in [1.807, 2.05) is 20.8 Å². The number of esters is 1. The molecule has 2 atom stereocenters. The third-order valence-corrected chi connectivity index (χ3v) is 6.87. The summed E-state index contributed by atoms with van der Waals surface area (Å²) in [6.07, 6.45) is 13.8. The number of unbranched alkanes of at least 4 members (excludes halogenated alkanes) is 7. The Morgan fingerprint density at radius 3 is 1.90 bits per heavy atom. The number of carbonyl (C=O) groups is 4. The maximum atomic E-state index is 13.0. The number of hydrogen-bond donors (Lipinski definition) is 2. The van der Waals surface area contributed by atoms with Crippen LogP contribution in [0.2, 0.25) is 0 Å². The van der Waals surface area contributed by atoms with E-state index in [0.717, 1.165) is 70.6 Å². The van der Waals surface area contributed by atoms with Gasteiger partial charge in [0.15, 0.2) is 0 Å². The molecule has 0 fully saturated rings. The number of carbonyl (C=O) groups excluding carboxylic acids is 4. The molecule has 7 heteroatoms. The lowest BCUT2D eigenvalue weighted by atomic mass is 9.92. The molecule has 0 aliphatic rings. The minimum atomic E-state index is -0.368. The molecule has 0 heterocycles. The molecule has 1 amide bonds. The van der Waals surface area contributed by atoms with Gasteiger partial charge in [-0.1, -0.05) is 52.4 Å². The van der Waals surface area contributed by atoms with Crippen molar-refractivity contribution < 1.29 is 23.9 Å². The summed E-state index contributed by atoms with van der Waals surface area (Å²) in [4.78, 5) is 49.9. The average Bonchev–Trinajstić information content (AvgIpc) is 2.87. The highest BCUT2D eigenvalue weighted by atomic mass is 16.5. The van der Waals surface area contributed by atoms with Crippen LogP contribution in [0.1, 0.15) is 151 Å². The van der Waals surface area contributed by atoms with E-state index >= 15 is 0 Å². The van der Waals surface area contributed by atoms with Gasteiger partial charge in [0.2, 0.25) is 5.91 Å². The SMILES string of the molecule is CCCCCCC(=O)C[C@@H](CCCCCC(=O)CCCC)C(=O)NCCCC[C@H](NC(C)(C)C)C(=O)OCC. The van der Waals surface area contributed by atoms with Gasteiger partial charge < -0.3 is 10.1 Å². The summed E-state index contributed by atoms with van der Waals surface area (Å²) in [5, 5.41) is 6.38. The molecule has 228 valence electrons. The fourth-order valence-corrected chi connectivity index (χ4v) is 4.68. The molecule has 0 bridgehead atoms. The van der Waals surface area contributed by atoms with Crippen LogP contribution in [0.25, 0.3) is 0 Å². The van der Waals surface area contributed by atoms with Crippen molar-refractivity contribution in [2.45, 2.75) is 162 Å². The monoisotopic (exact) mass is 552 g/mol. The van der Waals surface area contributed by atoms with Crippen molar-refractivity contribution in [1.29, 1.82) is 0 Å². The lowest BCUT2D eigenvalue weighted by Gasteiger charge is -2.27. The Labute approximate surface area is 239 Å². The summed E-state index contributed by atoms with van der Waals surface area (Å²) >= 11 is 0. The van der Waals surface area contributed by atoms with E-state index in [1.54, 1.807) is 6.92 Å². The number of hydrogen-bond acceptors (Lipinski definition) is 6. The number of ketones is 2. The molecule has 0 unspecified atom stereocenters. The van der Waals surface area contributed by atoms with Crippen molar-refractivity contribution in [1.82, 2.24) is 10.6 Å². The van der Waals surface area contributed by atoms with Crippen molar-refractivity contribution in [3.8, 4) is 0 Å². The average molecular weight is 553 g/mol. The first kappa shape index (κ1) is 37.2. The molecule has 0 spiro atoms. The Bertz CT molecular complexity index is 687. The van der Waals surface area contributed by atoms with E-state index < -0.39 is 0 Å². The topological polar surface area (TPSA) is 102 Å². The molecule has 7 nitrogen and oxygen atoms in total. The van der Waals surface area contributed by atoms with Crippen molar-refractivity contribution >= 4 is 23.4 Å². The van der Waals surface area contributed by atoms with Crippen LogP contribution in [-0.4, -0.2) is 48.2 Å². The normalized spacial score (nSPS) is 13.1. The number of nitrogens with one attached hydrogen (secondary N) is 2. The van der Waals surface area contributed by atoms with Crippen molar-refractivity contribution in [3.05, 3.63) is 0 Å². The summed E-state index contributed by atoms with van der Waals surface area (Å²) < 4.78 is 5.22. The quantitative estimate of drug-likeness (QED) is 0.0949. The Morgan fingerprint density at radius 1 is 0.692 bits per heavy atom. The van der Waals surface area contributed by atoms with Gasteiger partial charge in [-0.25, -0.2) is 0 Å². The first-order valence-corrected chi connectivity index (χ1v) is 15.8. The van der Waals surface area contributed by atoms with Crippen LogP contribution in [0.4, 0.5) is 0 Å². The summed E-state index contributed by atoms with van der Waals surface area (Å²) in [5.41, 5.74) is -0.204. The van der Waals surface area contributed by atoms with E-state index in [4.69, 9.17) is 4.74 Å². The van der Waals surface area contributed by atoms with E-state index in [1.165, 1.54) is 0 Å². The van der Waals surface area contributed by atoms with Gasteiger partial charge in [-0.2, -0.15) is 0 Å². The van der Waals surface area contributed by atoms with Crippen LogP contribution in [0, 0.1) is 5.92 Å². The molecule has 0 radical (unpaired) electrons. The van der Waals surface area contributed by atoms with Gasteiger partial charge in [0.05, 0.1) is 6.61 Å². The van der Waals surface area contributed by atoms with E-state index in [0.29, 0.717) is 57.5 Å². The van der Waals surface area contributed by atoms with Gasteiger partial charge in [0.1, 0.15) is 17.6 Å². The number of amides is 1. The zero-order chi connectivity index (χ0) is 29.5. The summed E-state index contributed by atoms with van der Waals surface area (Å²) in [5.74, 6) is -0.0937. The molecule has 0 rings (SSSR count). The van der Waals surface area contributed by atoms with Crippen LogP contribution in [0.15, 0.2) is 0 Å². The van der Waals surface area contributed by atoms with Gasteiger partial charge in [-0.15, -0.1) is 0 Å². The van der Waals surface area contributed by atoms with Crippen LogP contribution >= 0.6 is 0 Å². The van der Waals surface area contributed by atoms with Gasteiger partial charge >= 0.3 is 5.97 Å². The summed E-state index contributed by atoms with van der Waals surface area (Å²) in [6, 6.07) is -0.368. The zero-order valence-corrected chi connectivity index (χ0v) is 26.1. The fraction of sp³-hybridized carbons (Fsp3) is 0.875. The van der Waals surface area contributed by atoms with Crippen molar-refractivity contribution in [2.75, 3.05) is 13.2 Å². The van der Waals surface area contributed by atoms with Crippen LogP contribution in [0.3, 0.4) is 0 Å². The van der Waals surface area contributed by atoms with E-state index in [9.17, 15) is 19.2 Å². The zero-order valence-electron chi connectivity index (χ0n) is 26.1. The second-order valence-electron chi connectivity index (χ2n) is 12.0. The van der Waals surface area contributed by atoms with Crippen molar-refractivity contribution in [3.63, 3.8) is 0 Å². The molecule has 2 N–H and O–H groups in total. The predicted octanol–water partition coefficient (Wildman–Crippen LogP) is 6.85. The predicted molar refractivity (Wildman–Crippen MR) is 160 cm³/mol. The largest absolute Gasteiger partial charge is 0.465 e. The minimum absolute atomic E-state index is 0.0503. The van der Waals surface area contributed by atoms with Gasteiger partial charge in [0.25, 0.3) is 0 Å². The molecular formula is C32H60N2O5. The molecule has 0 saturated carbocycles. The second-order valence-corrected chi connectivity index (χ2v) is 12.0. The van der Waals surface area contributed by atoms with Crippen LogP contribution < -0.4 is 10.6 Å². The Morgan fingerprint density at radius 2 is 1.28 bits per heavy atom. The van der Waals surface area contributed by atoms with Gasteiger partial charge in [-0.05, 0) is 72.6 Å². The first-order valence-electron chi connectivity index (χ1n) is 15.8. The lowest BCUT2D eigenvalue weighted by Crippen LogP contribution is -2.48. The minimum Gasteiger partial charge on any atom is -0.465 e. The maximum absolute atomic E-state index is 13.0.